The van der Waals surface area contributed by atoms with Gasteiger partial charge in [-0.15, -0.1) is 0 Å². The fraction of sp³-hybridized carbons (Fsp3) is 0.400. The molecule has 1 aromatic heterocycles. The summed E-state index contributed by atoms with van der Waals surface area (Å²) in [6, 6.07) is 3.81. The number of hydrogen-bond donors (Lipinski definition) is 0. The Labute approximate surface area is 77.8 Å². The third-order valence-electron chi connectivity index (χ3n) is 1.60. The summed E-state index contributed by atoms with van der Waals surface area (Å²) in [6.45, 7) is 2.82. The van der Waals surface area contributed by atoms with E-state index in [0.29, 0.717) is 13.2 Å². The van der Waals surface area contributed by atoms with Crippen molar-refractivity contribution in [3.63, 3.8) is 0 Å². The van der Waals surface area contributed by atoms with Crippen molar-refractivity contribution >= 4 is 6.29 Å². The van der Waals surface area contributed by atoms with E-state index in [0.717, 1.165) is 11.8 Å². The van der Waals surface area contributed by atoms with Crippen LogP contribution in [0.3, 0.4) is 0 Å². The molecule has 0 spiro atoms. The number of aromatic nitrogens is 1. The van der Waals surface area contributed by atoms with Crippen molar-refractivity contribution in [1.29, 1.82) is 0 Å². The van der Waals surface area contributed by atoms with Gasteiger partial charge in [-0.2, -0.15) is 0 Å². The highest BCUT2D eigenvalue weighted by Gasteiger charge is 1.99. The SMILES string of the molecule is C[C@H](C=O)COCc1cccnc1. The van der Waals surface area contributed by atoms with Crippen molar-refractivity contribution in [1.82, 2.24) is 4.98 Å². The Bertz CT molecular complexity index is 248. The predicted octanol–water partition coefficient (Wildman–Crippen LogP) is 1.43. The number of hydrogen-bond acceptors (Lipinski definition) is 3. The average Bonchev–Trinajstić information content (AvgIpc) is 2.19. The van der Waals surface area contributed by atoms with E-state index < -0.39 is 0 Å². The minimum absolute atomic E-state index is 0.0309. The Kier molecular flexibility index (Phi) is 4.12. The van der Waals surface area contributed by atoms with E-state index in [1.807, 2.05) is 19.1 Å². The molecule has 0 N–H and O–H groups in total. The summed E-state index contributed by atoms with van der Waals surface area (Å²) in [5.74, 6) is -0.0309. The van der Waals surface area contributed by atoms with Gasteiger partial charge in [0.2, 0.25) is 0 Å². The van der Waals surface area contributed by atoms with Crippen LogP contribution in [0, 0.1) is 5.92 Å². The van der Waals surface area contributed by atoms with Gasteiger partial charge < -0.3 is 9.53 Å². The zero-order chi connectivity index (χ0) is 9.52. The summed E-state index contributed by atoms with van der Waals surface area (Å²) in [6.07, 6.45) is 4.37. The number of pyridine rings is 1. The Morgan fingerprint density at radius 1 is 1.69 bits per heavy atom. The maximum absolute atomic E-state index is 10.3. The van der Waals surface area contributed by atoms with Gasteiger partial charge in [0.25, 0.3) is 0 Å². The molecular weight excluding hydrogens is 166 g/mol. The van der Waals surface area contributed by atoms with E-state index >= 15 is 0 Å². The molecule has 0 unspecified atom stereocenters. The van der Waals surface area contributed by atoms with E-state index in [2.05, 4.69) is 4.98 Å². The maximum Gasteiger partial charge on any atom is 0.125 e. The van der Waals surface area contributed by atoms with Crippen LogP contribution in [0.15, 0.2) is 24.5 Å². The van der Waals surface area contributed by atoms with Gasteiger partial charge in [0.05, 0.1) is 13.2 Å². The molecule has 1 atom stereocenters. The van der Waals surface area contributed by atoms with Crippen molar-refractivity contribution < 1.29 is 9.53 Å². The highest BCUT2D eigenvalue weighted by atomic mass is 16.5. The minimum Gasteiger partial charge on any atom is -0.376 e. The van der Waals surface area contributed by atoms with Gasteiger partial charge in [0.1, 0.15) is 6.29 Å². The second-order valence-corrected chi connectivity index (χ2v) is 2.99. The Hall–Kier alpha value is -1.22. The zero-order valence-electron chi connectivity index (χ0n) is 7.64. The first-order chi connectivity index (χ1) is 6.33. The predicted molar refractivity (Wildman–Crippen MR) is 49.1 cm³/mol. The fourth-order valence-electron chi connectivity index (χ4n) is 0.885. The zero-order valence-corrected chi connectivity index (χ0v) is 7.64. The first-order valence-corrected chi connectivity index (χ1v) is 4.25. The van der Waals surface area contributed by atoms with Crippen LogP contribution >= 0.6 is 0 Å². The molecule has 0 aliphatic heterocycles. The van der Waals surface area contributed by atoms with Gasteiger partial charge in [0.15, 0.2) is 0 Å². The van der Waals surface area contributed by atoms with Gasteiger partial charge >= 0.3 is 0 Å². The average molecular weight is 179 g/mol. The molecule has 0 saturated heterocycles. The lowest BCUT2D eigenvalue weighted by Gasteiger charge is -2.04. The van der Waals surface area contributed by atoms with Crippen molar-refractivity contribution in [3.8, 4) is 0 Å². The number of carbonyl (C=O) groups excluding carboxylic acids is 1. The first-order valence-electron chi connectivity index (χ1n) is 4.25. The van der Waals surface area contributed by atoms with Gasteiger partial charge in [-0.25, -0.2) is 0 Å². The standard InChI is InChI=1S/C10H13NO2/c1-9(6-12)7-13-8-10-3-2-4-11-5-10/h2-6,9H,7-8H2,1H3/t9-/m1/s1. The van der Waals surface area contributed by atoms with Gasteiger partial charge in [0, 0.05) is 18.3 Å². The molecule has 0 aliphatic carbocycles. The lowest BCUT2D eigenvalue weighted by Crippen LogP contribution is -2.06. The molecule has 0 aromatic carbocycles. The molecule has 0 bridgehead atoms. The first kappa shape index (κ1) is 9.86. The minimum atomic E-state index is -0.0309. The lowest BCUT2D eigenvalue weighted by molar-refractivity contribution is -0.112. The van der Waals surface area contributed by atoms with Crippen LogP contribution in [0.25, 0.3) is 0 Å². The van der Waals surface area contributed by atoms with Crippen LogP contribution in [-0.4, -0.2) is 17.9 Å². The van der Waals surface area contributed by atoms with E-state index in [4.69, 9.17) is 4.74 Å². The topological polar surface area (TPSA) is 39.2 Å². The van der Waals surface area contributed by atoms with Crippen molar-refractivity contribution in [2.24, 2.45) is 5.92 Å². The second kappa shape index (κ2) is 5.43. The third kappa shape index (κ3) is 3.80. The molecule has 1 rings (SSSR count). The number of nitrogens with zero attached hydrogens (tertiary/aromatic N) is 1. The molecular formula is C10H13NO2. The van der Waals surface area contributed by atoms with Crippen molar-refractivity contribution in [3.05, 3.63) is 30.1 Å². The molecule has 13 heavy (non-hydrogen) atoms. The number of aldehydes is 1. The van der Waals surface area contributed by atoms with Crippen molar-refractivity contribution in [2.75, 3.05) is 6.61 Å². The number of carbonyl (C=O) groups is 1. The van der Waals surface area contributed by atoms with E-state index in [-0.39, 0.29) is 5.92 Å². The van der Waals surface area contributed by atoms with E-state index in [1.54, 1.807) is 12.4 Å². The molecule has 0 fully saturated rings. The molecule has 0 saturated carbocycles. The number of rotatable bonds is 5. The van der Waals surface area contributed by atoms with Crippen LogP contribution in [0.5, 0.6) is 0 Å². The van der Waals surface area contributed by atoms with Gasteiger partial charge in [-0.05, 0) is 11.6 Å². The smallest absolute Gasteiger partial charge is 0.125 e. The fourth-order valence-corrected chi connectivity index (χ4v) is 0.885. The van der Waals surface area contributed by atoms with Crippen LogP contribution in [-0.2, 0) is 16.1 Å². The van der Waals surface area contributed by atoms with Gasteiger partial charge in [-0.3, -0.25) is 4.98 Å². The highest BCUT2D eigenvalue weighted by Crippen LogP contribution is 1.99. The van der Waals surface area contributed by atoms with Gasteiger partial charge in [-0.1, -0.05) is 13.0 Å². The quantitative estimate of drug-likeness (QED) is 0.642. The molecule has 3 heteroatoms. The molecule has 0 radical (unpaired) electrons. The molecule has 3 nitrogen and oxygen atoms in total. The maximum atomic E-state index is 10.3. The van der Waals surface area contributed by atoms with E-state index in [9.17, 15) is 4.79 Å². The lowest BCUT2D eigenvalue weighted by atomic mass is 10.2. The Morgan fingerprint density at radius 3 is 3.15 bits per heavy atom. The molecule has 1 heterocycles. The normalized spacial score (nSPS) is 12.4. The molecule has 70 valence electrons. The molecule has 0 aliphatic rings. The van der Waals surface area contributed by atoms with Crippen LogP contribution < -0.4 is 0 Å². The van der Waals surface area contributed by atoms with Crippen molar-refractivity contribution in [2.45, 2.75) is 13.5 Å². The van der Waals surface area contributed by atoms with Crippen LogP contribution in [0.1, 0.15) is 12.5 Å². The summed E-state index contributed by atoms with van der Waals surface area (Å²) in [7, 11) is 0. The largest absolute Gasteiger partial charge is 0.376 e. The second-order valence-electron chi connectivity index (χ2n) is 2.99. The number of ether oxygens (including phenoxy) is 1. The molecule has 1 aromatic rings. The summed E-state index contributed by atoms with van der Waals surface area (Å²) in [5, 5.41) is 0. The Morgan fingerprint density at radius 2 is 2.54 bits per heavy atom. The van der Waals surface area contributed by atoms with Crippen LogP contribution in [0.2, 0.25) is 0 Å². The van der Waals surface area contributed by atoms with E-state index in [1.165, 1.54) is 0 Å². The summed E-state index contributed by atoms with van der Waals surface area (Å²) in [4.78, 5) is 14.2. The summed E-state index contributed by atoms with van der Waals surface area (Å²) < 4.78 is 5.30. The Balaban J connectivity index is 2.24. The summed E-state index contributed by atoms with van der Waals surface area (Å²) >= 11 is 0. The summed E-state index contributed by atoms with van der Waals surface area (Å²) in [5.41, 5.74) is 1.03. The molecule has 0 amide bonds. The monoisotopic (exact) mass is 179 g/mol. The third-order valence-corrected chi connectivity index (χ3v) is 1.60. The highest BCUT2D eigenvalue weighted by molar-refractivity contribution is 5.52. The van der Waals surface area contributed by atoms with Crippen LogP contribution in [0.4, 0.5) is 0 Å².